The van der Waals surface area contributed by atoms with Crippen LogP contribution in [0.25, 0.3) is 0 Å². The van der Waals surface area contributed by atoms with Crippen LogP contribution in [-0.4, -0.2) is 18.0 Å². The second-order valence-electron chi connectivity index (χ2n) is 3.63. The third kappa shape index (κ3) is 4.12. The number of hydrogen-bond acceptors (Lipinski definition) is 3. The molecule has 1 rings (SSSR count). The van der Waals surface area contributed by atoms with Crippen LogP contribution in [0.4, 0.5) is 10.5 Å². The maximum absolute atomic E-state index is 11.5. The van der Waals surface area contributed by atoms with Crippen LogP contribution in [0.5, 0.6) is 0 Å². The fourth-order valence-corrected chi connectivity index (χ4v) is 1.21. The van der Waals surface area contributed by atoms with Gasteiger partial charge in [-0.15, -0.1) is 0 Å². The molecule has 17 heavy (non-hydrogen) atoms. The molecule has 0 spiro atoms. The SMILES string of the molecule is CC(NC(=O)Nc1cccc(CN)c1)C(N)=O. The van der Waals surface area contributed by atoms with Gasteiger partial charge in [0.1, 0.15) is 6.04 Å². The minimum absolute atomic E-state index is 0.398. The molecule has 1 atom stereocenters. The highest BCUT2D eigenvalue weighted by atomic mass is 16.2. The van der Waals surface area contributed by atoms with Crippen molar-refractivity contribution < 1.29 is 9.59 Å². The van der Waals surface area contributed by atoms with Gasteiger partial charge in [-0.2, -0.15) is 0 Å². The van der Waals surface area contributed by atoms with Crippen LogP contribution in [0.2, 0.25) is 0 Å². The highest BCUT2D eigenvalue weighted by molar-refractivity contribution is 5.93. The van der Waals surface area contributed by atoms with Crippen molar-refractivity contribution in [3.63, 3.8) is 0 Å². The monoisotopic (exact) mass is 236 g/mol. The molecule has 0 bridgehead atoms. The van der Waals surface area contributed by atoms with Crippen LogP contribution in [0.15, 0.2) is 24.3 Å². The van der Waals surface area contributed by atoms with E-state index in [9.17, 15) is 9.59 Å². The van der Waals surface area contributed by atoms with E-state index in [4.69, 9.17) is 11.5 Å². The number of rotatable bonds is 4. The Hall–Kier alpha value is -2.08. The third-order valence-corrected chi connectivity index (χ3v) is 2.19. The maximum Gasteiger partial charge on any atom is 0.319 e. The van der Waals surface area contributed by atoms with Gasteiger partial charge in [-0.25, -0.2) is 4.79 Å². The van der Waals surface area contributed by atoms with Gasteiger partial charge in [-0.3, -0.25) is 4.79 Å². The molecule has 1 aromatic carbocycles. The molecule has 92 valence electrons. The molecule has 0 aliphatic rings. The summed E-state index contributed by atoms with van der Waals surface area (Å²) in [5, 5.41) is 5.00. The van der Waals surface area contributed by atoms with Crippen LogP contribution in [0, 0.1) is 0 Å². The number of anilines is 1. The van der Waals surface area contributed by atoms with E-state index in [0.29, 0.717) is 12.2 Å². The zero-order valence-electron chi connectivity index (χ0n) is 9.57. The van der Waals surface area contributed by atoms with Gasteiger partial charge < -0.3 is 22.1 Å². The maximum atomic E-state index is 11.5. The molecule has 0 radical (unpaired) electrons. The Kier molecular flexibility index (Phi) is 4.47. The molecule has 0 aromatic heterocycles. The minimum Gasteiger partial charge on any atom is -0.368 e. The van der Waals surface area contributed by atoms with Crippen LogP contribution < -0.4 is 22.1 Å². The van der Waals surface area contributed by atoms with Crippen molar-refractivity contribution in [2.24, 2.45) is 11.5 Å². The predicted molar refractivity (Wildman–Crippen MR) is 65.1 cm³/mol. The summed E-state index contributed by atoms with van der Waals surface area (Å²) in [4.78, 5) is 22.2. The minimum atomic E-state index is -0.715. The van der Waals surface area contributed by atoms with Gasteiger partial charge >= 0.3 is 6.03 Å². The summed E-state index contributed by atoms with van der Waals surface area (Å²) in [6, 6.07) is 5.94. The molecule has 0 aliphatic heterocycles. The Labute approximate surface area is 99.4 Å². The Morgan fingerprint density at radius 1 is 1.41 bits per heavy atom. The Morgan fingerprint density at radius 3 is 2.71 bits per heavy atom. The van der Waals surface area contributed by atoms with E-state index in [1.807, 2.05) is 6.07 Å². The lowest BCUT2D eigenvalue weighted by atomic mass is 10.2. The van der Waals surface area contributed by atoms with Gasteiger partial charge in [0.2, 0.25) is 5.91 Å². The lowest BCUT2D eigenvalue weighted by Crippen LogP contribution is -2.44. The summed E-state index contributed by atoms with van der Waals surface area (Å²) in [7, 11) is 0. The van der Waals surface area contributed by atoms with Gasteiger partial charge in [0.05, 0.1) is 0 Å². The number of benzene rings is 1. The van der Waals surface area contributed by atoms with E-state index in [-0.39, 0.29) is 0 Å². The van der Waals surface area contributed by atoms with Gasteiger partial charge in [-0.1, -0.05) is 12.1 Å². The lowest BCUT2D eigenvalue weighted by Gasteiger charge is -2.11. The van der Waals surface area contributed by atoms with Gasteiger partial charge in [0.25, 0.3) is 0 Å². The summed E-state index contributed by atoms with van der Waals surface area (Å²) in [5.74, 6) is -0.587. The molecule has 3 amide bonds. The molecule has 0 heterocycles. The first-order valence-electron chi connectivity index (χ1n) is 5.18. The largest absolute Gasteiger partial charge is 0.368 e. The summed E-state index contributed by atoms with van der Waals surface area (Å²) >= 11 is 0. The zero-order valence-corrected chi connectivity index (χ0v) is 9.57. The number of urea groups is 1. The molecule has 6 nitrogen and oxygen atoms in total. The molecule has 1 aromatic rings. The topological polar surface area (TPSA) is 110 Å². The van der Waals surface area contributed by atoms with Crippen molar-refractivity contribution in [2.75, 3.05) is 5.32 Å². The summed E-state index contributed by atoms with van der Waals surface area (Å²) in [6.07, 6.45) is 0. The summed E-state index contributed by atoms with van der Waals surface area (Å²) < 4.78 is 0. The Balaban J connectivity index is 2.58. The van der Waals surface area contributed by atoms with Crippen molar-refractivity contribution in [2.45, 2.75) is 19.5 Å². The van der Waals surface area contributed by atoms with E-state index in [2.05, 4.69) is 10.6 Å². The molecule has 1 unspecified atom stereocenters. The number of nitrogens with two attached hydrogens (primary N) is 2. The molecule has 0 aliphatic carbocycles. The van der Waals surface area contributed by atoms with Gasteiger partial charge in [0, 0.05) is 12.2 Å². The van der Waals surface area contributed by atoms with Crippen molar-refractivity contribution in [1.82, 2.24) is 5.32 Å². The normalized spacial score (nSPS) is 11.6. The van der Waals surface area contributed by atoms with Gasteiger partial charge in [0.15, 0.2) is 0 Å². The van der Waals surface area contributed by atoms with Crippen LogP contribution in [-0.2, 0) is 11.3 Å². The first-order chi connectivity index (χ1) is 8.02. The molecular weight excluding hydrogens is 220 g/mol. The fraction of sp³-hybridized carbons (Fsp3) is 0.273. The number of carbonyl (C=O) groups excluding carboxylic acids is 2. The Morgan fingerprint density at radius 2 is 2.12 bits per heavy atom. The fourth-order valence-electron chi connectivity index (χ4n) is 1.21. The molecule has 6 heteroatoms. The van der Waals surface area contributed by atoms with Crippen LogP contribution in [0.1, 0.15) is 12.5 Å². The van der Waals surface area contributed by atoms with E-state index >= 15 is 0 Å². The number of primary amides is 1. The second kappa shape index (κ2) is 5.86. The first-order valence-corrected chi connectivity index (χ1v) is 5.18. The molecule has 6 N–H and O–H groups in total. The Bertz CT molecular complexity index is 420. The average molecular weight is 236 g/mol. The van der Waals surface area contributed by atoms with E-state index in [1.165, 1.54) is 6.92 Å². The van der Waals surface area contributed by atoms with Crippen molar-refractivity contribution in [3.05, 3.63) is 29.8 Å². The molecular formula is C11H16N4O2. The van der Waals surface area contributed by atoms with E-state index in [0.717, 1.165) is 5.56 Å². The smallest absolute Gasteiger partial charge is 0.319 e. The third-order valence-electron chi connectivity index (χ3n) is 2.19. The predicted octanol–water partition coefficient (Wildman–Crippen LogP) is 0.141. The number of carbonyl (C=O) groups is 2. The number of nitrogens with one attached hydrogen (secondary N) is 2. The first kappa shape index (κ1) is 13.0. The van der Waals surface area contributed by atoms with E-state index in [1.54, 1.807) is 18.2 Å². The standard InChI is InChI=1S/C11H16N4O2/c1-7(10(13)16)14-11(17)15-9-4-2-3-8(5-9)6-12/h2-5,7H,6,12H2,1H3,(H2,13,16)(H2,14,15,17). The van der Waals surface area contributed by atoms with Gasteiger partial charge in [-0.05, 0) is 24.6 Å². The highest BCUT2D eigenvalue weighted by Crippen LogP contribution is 2.09. The lowest BCUT2D eigenvalue weighted by molar-refractivity contribution is -0.119. The zero-order chi connectivity index (χ0) is 12.8. The van der Waals surface area contributed by atoms with E-state index < -0.39 is 18.0 Å². The number of amides is 3. The van der Waals surface area contributed by atoms with Crippen molar-refractivity contribution in [1.29, 1.82) is 0 Å². The second-order valence-corrected chi connectivity index (χ2v) is 3.63. The molecule has 0 saturated carbocycles. The highest BCUT2D eigenvalue weighted by Gasteiger charge is 2.11. The quantitative estimate of drug-likeness (QED) is 0.596. The van der Waals surface area contributed by atoms with Crippen LogP contribution in [0.3, 0.4) is 0 Å². The molecule has 0 saturated heterocycles. The number of hydrogen-bond donors (Lipinski definition) is 4. The van der Waals surface area contributed by atoms with Crippen molar-refractivity contribution in [3.8, 4) is 0 Å². The van der Waals surface area contributed by atoms with Crippen molar-refractivity contribution >= 4 is 17.6 Å². The van der Waals surface area contributed by atoms with Crippen LogP contribution >= 0.6 is 0 Å². The molecule has 0 fully saturated rings. The average Bonchev–Trinajstić information content (AvgIpc) is 2.28. The summed E-state index contributed by atoms with van der Waals surface area (Å²) in [6.45, 7) is 1.91. The summed E-state index contributed by atoms with van der Waals surface area (Å²) in [5.41, 5.74) is 12.0.